The van der Waals surface area contributed by atoms with Gasteiger partial charge in [0.25, 0.3) is 5.91 Å². The molecule has 0 radical (unpaired) electrons. The minimum atomic E-state index is -0.470. The van der Waals surface area contributed by atoms with Crippen molar-refractivity contribution in [3.8, 4) is 16.9 Å². The van der Waals surface area contributed by atoms with Gasteiger partial charge in [-0.15, -0.1) is 11.3 Å². The second-order valence-corrected chi connectivity index (χ2v) is 8.48. The standard InChI is InChI=1S/C23H22BrNO4S/c1-4-28-23(27)21-18(16-6-8-17(24)9-7-16)13-30-22(21)25-20(26)12-29-19-10-5-14(2)11-15(19)3/h5-11,13H,4,12H2,1-3H3,(H,25,26). The van der Waals surface area contributed by atoms with Crippen molar-refractivity contribution in [2.24, 2.45) is 0 Å². The molecule has 156 valence electrons. The van der Waals surface area contributed by atoms with Crippen LogP contribution in [0.1, 0.15) is 28.4 Å². The van der Waals surface area contributed by atoms with Gasteiger partial charge in [0.15, 0.2) is 6.61 Å². The Balaban J connectivity index is 1.79. The van der Waals surface area contributed by atoms with Crippen LogP contribution in [0.25, 0.3) is 11.1 Å². The molecule has 2 aromatic carbocycles. The van der Waals surface area contributed by atoms with Crippen LogP contribution >= 0.6 is 27.3 Å². The van der Waals surface area contributed by atoms with Crippen molar-refractivity contribution >= 4 is 44.1 Å². The fourth-order valence-corrected chi connectivity index (χ4v) is 4.20. The largest absolute Gasteiger partial charge is 0.483 e. The van der Waals surface area contributed by atoms with Gasteiger partial charge in [-0.05, 0) is 50.1 Å². The number of halogens is 1. The highest BCUT2D eigenvalue weighted by atomic mass is 79.9. The van der Waals surface area contributed by atoms with E-state index in [1.165, 1.54) is 11.3 Å². The molecule has 7 heteroatoms. The van der Waals surface area contributed by atoms with E-state index in [1.807, 2.05) is 61.7 Å². The summed E-state index contributed by atoms with van der Waals surface area (Å²) in [4.78, 5) is 25.1. The fourth-order valence-electron chi connectivity index (χ4n) is 2.97. The Kier molecular flexibility index (Phi) is 7.29. The molecule has 30 heavy (non-hydrogen) atoms. The normalized spacial score (nSPS) is 10.5. The number of ether oxygens (including phenoxy) is 2. The lowest BCUT2D eigenvalue weighted by molar-refractivity contribution is -0.118. The molecule has 3 rings (SSSR count). The summed E-state index contributed by atoms with van der Waals surface area (Å²) in [5, 5.41) is 5.09. The van der Waals surface area contributed by atoms with Crippen molar-refractivity contribution in [2.75, 3.05) is 18.5 Å². The van der Waals surface area contributed by atoms with E-state index in [4.69, 9.17) is 9.47 Å². The zero-order valence-corrected chi connectivity index (χ0v) is 19.4. The van der Waals surface area contributed by atoms with E-state index in [1.54, 1.807) is 6.92 Å². The SMILES string of the molecule is CCOC(=O)c1c(-c2ccc(Br)cc2)csc1NC(=O)COc1ccc(C)cc1C. The Morgan fingerprint density at radius 2 is 1.83 bits per heavy atom. The van der Waals surface area contributed by atoms with Gasteiger partial charge in [0.05, 0.1) is 6.61 Å². The number of amides is 1. The van der Waals surface area contributed by atoms with E-state index >= 15 is 0 Å². The highest BCUT2D eigenvalue weighted by Gasteiger charge is 2.23. The van der Waals surface area contributed by atoms with Gasteiger partial charge in [-0.25, -0.2) is 4.79 Å². The molecule has 0 unspecified atom stereocenters. The van der Waals surface area contributed by atoms with Crippen LogP contribution < -0.4 is 10.1 Å². The highest BCUT2D eigenvalue weighted by molar-refractivity contribution is 9.10. The van der Waals surface area contributed by atoms with E-state index in [0.29, 0.717) is 16.3 Å². The molecule has 1 amide bonds. The number of hydrogen-bond donors (Lipinski definition) is 1. The average molecular weight is 488 g/mol. The zero-order chi connectivity index (χ0) is 21.7. The van der Waals surface area contributed by atoms with Crippen LogP contribution in [0, 0.1) is 13.8 Å². The highest BCUT2D eigenvalue weighted by Crippen LogP contribution is 2.36. The second kappa shape index (κ2) is 9.91. The molecule has 1 aromatic heterocycles. The maximum Gasteiger partial charge on any atom is 0.341 e. The third-order valence-corrected chi connectivity index (χ3v) is 5.79. The van der Waals surface area contributed by atoms with Crippen molar-refractivity contribution in [2.45, 2.75) is 20.8 Å². The number of anilines is 1. The van der Waals surface area contributed by atoms with E-state index < -0.39 is 5.97 Å². The molecule has 1 heterocycles. The van der Waals surface area contributed by atoms with Gasteiger partial charge < -0.3 is 14.8 Å². The molecule has 3 aromatic rings. The van der Waals surface area contributed by atoms with Crippen LogP contribution in [-0.2, 0) is 9.53 Å². The van der Waals surface area contributed by atoms with Crippen molar-refractivity contribution in [1.29, 1.82) is 0 Å². The summed E-state index contributed by atoms with van der Waals surface area (Å²) in [7, 11) is 0. The lowest BCUT2D eigenvalue weighted by Gasteiger charge is -2.11. The minimum absolute atomic E-state index is 0.155. The maximum absolute atomic E-state index is 12.6. The number of carbonyl (C=O) groups excluding carboxylic acids is 2. The monoisotopic (exact) mass is 487 g/mol. The second-order valence-electron chi connectivity index (χ2n) is 6.69. The topological polar surface area (TPSA) is 64.6 Å². The van der Waals surface area contributed by atoms with Gasteiger partial charge in [-0.1, -0.05) is 45.8 Å². The first-order chi connectivity index (χ1) is 14.4. The third-order valence-electron chi connectivity index (χ3n) is 4.37. The van der Waals surface area contributed by atoms with Gasteiger partial charge in [-0.3, -0.25) is 4.79 Å². The summed E-state index contributed by atoms with van der Waals surface area (Å²) in [6, 6.07) is 13.4. The molecule has 0 spiro atoms. The Morgan fingerprint density at radius 1 is 1.10 bits per heavy atom. The summed E-state index contributed by atoms with van der Waals surface area (Å²) in [6.07, 6.45) is 0. The van der Waals surface area contributed by atoms with Gasteiger partial charge in [0.1, 0.15) is 16.3 Å². The van der Waals surface area contributed by atoms with Gasteiger partial charge in [-0.2, -0.15) is 0 Å². The fraction of sp³-hybridized carbons (Fsp3) is 0.217. The Morgan fingerprint density at radius 3 is 2.50 bits per heavy atom. The van der Waals surface area contributed by atoms with E-state index in [-0.39, 0.29) is 19.1 Å². The van der Waals surface area contributed by atoms with Crippen molar-refractivity contribution in [1.82, 2.24) is 0 Å². The summed E-state index contributed by atoms with van der Waals surface area (Å²) >= 11 is 4.70. The number of hydrogen-bond acceptors (Lipinski definition) is 5. The minimum Gasteiger partial charge on any atom is -0.483 e. The van der Waals surface area contributed by atoms with E-state index in [9.17, 15) is 9.59 Å². The molecular weight excluding hydrogens is 466 g/mol. The Labute approximate surface area is 188 Å². The molecule has 0 aliphatic rings. The lowest BCUT2D eigenvalue weighted by Crippen LogP contribution is -2.21. The average Bonchev–Trinajstić information content (AvgIpc) is 3.11. The van der Waals surface area contributed by atoms with Gasteiger partial charge in [0.2, 0.25) is 0 Å². The van der Waals surface area contributed by atoms with E-state index in [0.717, 1.165) is 26.7 Å². The molecule has 1 N–H and O–H groups in total. The van der Waals surface area contributed by atoms with Gasteiger partial charge in [0, 0.05) is 15.4 Å². The van der Waals surface area contributed by atoms with Crippen LogP contribution in [0.15, 0.2) is 52.3 Å². The number of benzene rings is 2. The first kappa shape index (κ1) is 22.1. The quantitative estimate of drug-likeness (QED) is 0.415. The summed E-state index contributed by atoms with van der Waals surface area (Å²) in [6.45, 7) is 5.78. The first-order valence-electron chi connectivity index (χ1n) is 9.43. The zero-order valence-electron chi connectivity index (χ0n) is 17.0. The lowest BCUT2D eigenvalue weighted by atomic mass is 10.0. The maximum atomic E-state index is 12.6. The first-order valence-corrected chi connectivity index (χ1v) is 11.1. The number of rotatable bonds is 7. The molecule has 0 atom stereocenters. The van der Waals surface area contributed by atoms with Crippen LogP contribution in [0.2, 0.25) is 0 Å². The molecule has 5 nitrogen and oxygen atoms in total. The summed E-state index contributed by atoms with van der Waals surface area (Å²) in [5.74, 6) is -0.157. The molecule has 0 bridgehead atoms. The molecule has 0 fully saturated rings. The van der Waals surface area contributed by atoms with Crippen molar-refractivity contribution in [3.63, 3.8) is 0 Å². The molecule has 0 saturated heterocycles. The smallest absolute Gasteiger partial charge is 0.341 e. The molecule has 0 aliphatic heterocycles. The Hall–Kier alpha value is -2.64. The van der Waals surface area contributed by atoms with Crippen molar-refractivity contribution in [3.05, 3.63) is 69.0 Å². The van der Waals surface area contributed by atoms with Crippen LogP contribution in [0.4, 0.5) is 5.00 Å². The van der Waals surface area contributed by atoms with Crippen LogP contribution in [-0.4, -0.2) is 25.1 Å². The summed E-state index contributed by atoms with van der Waals surface area (Å²) < 4.78 is 11.8. The predicted molar refractivity (Wildman–Crippen MR) is 123 cm³/mol. The van der Waals surface area contributed by atoms with Gasteiger partial charge >= 0.3 is 5.97 Å². The van der Waals surface area contributed by atoms with E-state index in [2.05, 4.69) is 21.2 Å². The molecular formula is C23H22BrNO4S. The third kappa shape index (κ3) is 5.29. The number of thiophene rings is 1. The number of esters is 1. The number of nitrogens with one attached hydrogen (secondary N) is 1. The number of carbonyl (C=O) groups is 2. The van der Waals surface area contributed by atoms with Crippen LogP contribution in [0.3, 0.4) is 0 Å². The Bertz CT molecular complexity index is 1060. The molecule has 0 saturated carbocycles. The summed E-state index contributed by atoms with van der Waals surface area (Å²) in [5.41, 5.74) is 4.02. The van der Waals surface area contributed by atoms with Crippen LogP contribution in [0.5, 0.6) is 5.75 Å². The predicted octanol–water partition coefficient (Wildman–Crippen LogP) is 5.99. The van der Waals surface area contributed by atoms with Crippen molar-refractivity contribution < 1.29 is 19.1 Å². The number of aryl methyl sites for hydroxylation is 2. The molecule has 0 aliphatic carbocycles.